The lowest BCUT2D eigenvalue weighted by Gasteiger charge is -2.32. The van der Waals surface area contributed by atoms with Crippen LogP contribution in [0.1, 0.15) is 40.2 Å². The third-order valence-corrected chi connectivity index (χ3v) is 5.74. The van der Waals surface area contributed by atoms with Crippen LogP contribution in [-0.4, -0.2) is 57.6 Å². The first-order valence-electron chi connectivity index (χ1n) is 10.5. The molecule has 0 bridgehead atoms. The minimum atomic E-state index is -0.175. The molecule has 2 amide bonds. The molecule has 0 unspecified atom stereocenters. The van der Waals surface area contributed by atoms with E-state index in [4.69, 9.17) is 4.74 Å². The fourth-order valence-corrected chi connectivity index (χ4v) is 4.09. The number of aryl methyl sites for hydroxylation is 2. The molecule has 162 valence electrons. The van der Waals surface area contributed by atoms with Crippen LogP contribution in [0.15, 0.2) is 36.5 Å². The monoisotopic (exact) mass is 421 g/mol. The van der Waals surface area contributed by atoms with Gasteiger partial charge in [0.1, 0.15) is 11.3 Å². The van der Waals surface area contributed by atoms with Crippen LogP contribution in [0.25, 0.3) is 5.65 Å². The third kappa shape index (κ3) is 4.38. The summed E-state index contributed by atoms with van der Waals surface area (Å²) in [6.07, 6.45) is 3.31. The fraction of sp³-hybridized carbons (Fsp3) is 0.391. The summed E-state index contributed by atoms with van der Waals surface area (Å²) in [7, 11) is 1.61. The van der Waals surface area contributed by atoms with Gasteiger partial charge in [0.25, 0.3) is 5.91 Å². The van der Waals surface area contributed by atoms with Crippen LogP contribution in [-0.2, 0) is 11.2 Å². The summed E-state index contributed by atoms with van der Waals surface area (Å²) in [4.78, 5) is 31.9. The van der Waals surface area contributed by atoms with Gasteiger partial charge in [-0.15, -0.1) is 0 Å². The molecule has 0 spiro atoms. The molecule has 2 aromatic heterocycles. The van der Waals surface area contributed by atoms with Crippen LogP contribution < -0.4 is 10.1 Å². The molecule has 31 heavy (non-hydrogen) atoms. The summed E-state index contributed by atoms with van der Waals surface area (Å²) >= 11 is 0. The summed E-state index contributed by atoms with van der Waals surface area (Å²) in [6, 6.07) is 9.52. The molecule has 8 heteroatoms. The number of nitrogens with zero attached hydrogens (tertiary/aromatic N) is 4. The molecule has 8 nitrogen and oxygen atoms in total. The average molecular weight is 422 g/mol. The molecule has 0 atom stereocenters. The summed E-state index contributed by atoms with van der Waals surface area (Å²) in [5, 5.41) is 7.38. The highest BCUT2D eigenvalue weighted by molar-refractivity contribution is 5.99. The number of aromatic nitrogens is 3. The van der Waals surface area contributed by atoms with Gasteiger partial charge in [0.15, 0.2) is 5.65 Å². The minimum Gasteiger partial charge on any atom is -0.496 e. The fourth-order valence-electron chi connectivity index (χ4n) is 4.09. The maximum atomic E-state index is 12.8. The van der Waals surface area contributed by atoms with Crippen molar-refractivity contribution in [3.05, 3.63) is 59.0 Å². The van der Waals surface area contributed by atoms with E-state index in [-0.39, 0.29) is 17.9 Å². The molecule has 0 aliphatic carbocycles. The number of rotatable bonds is 5. The quantitative estimate of drug-likeness (QED) is 0.683. The molecular formula is C23H27N5O3. The Labute approximate surface area is 181 Å². The second kappa shape index (κ2) is 8.75. The van der Waals surface area contributed by atoms with E-state index in [1.807, 2.05) is 49.1 Å². The number of hydrogen-bond acceptors (Lipinski definition) is 5. The average Bonchev–Trinajstić information content (AvgIpc) is 3.19. The van der Waals surface area contributed by atoms with Crippen molar-refractivity contribution in [3.8, 4) is 5.75 Å². The van der Waals surface area contributed by atoms with Gasteiger partial charge in [0.2, 0.25) is 5.91 Å². The van der Waals surface area contributed by atoms with Crippen molar-refractivity contribution in [1.82, 2.24) is 24.8 Å². The van der Waals surface area contributed by atoms with Gasteiger partial charge >= 0.3 is 0 Å². The van der Waals surface area contributed by atoms with Crippen molar-refractivity contribution in [1.29, 1.82) is 0 Å². The summed E-state index contributed by atoms with van der Waals surface area (Å²) in [5.41, 5.74) is 3.71. The van der Waals surface area contributed by atoms with Crippen LogP contribution >= 0.6 is 0 Å². The van der Waals surface area contributed by atoms with Crippen molar-refractivity contribution in [2.45, 2.75) is 39.2 Å². The van der Waals surface area contributed by atoms with Crippen molar-refractivity contribution < 1.29 is 14.3 Å². The highest BCUT2D eigenvalue weighted by Gasteiger charge is 2.26. The molecule has 1 fully saturated rings. The van der Waals surface area contributed by atoms with Crippen LogP contribution in [0.3, 0.4) is 0 Å². The predicted octanol–water partition coefficient (Wildman–Crippen LogP) is 2.32. The lowest BCUT2D eigenvalue weighted by atomic mass is 10.0. The zero-order valence-electron chi connectivity index (χ0n) is 18.1. The van der Waals surface area contributed by atoms with Crippen LogP contribution in [0.2, 0.25) is 0 Å². The number of carbonyl (C=O) groups is 2. The number of ether oxygens (including phenoxy) is 1. The molecule has 1 aliphatic rings. The maximum absolute atomic E-state index is 12.8. The number of fused-ring (bicyclic) bond motifs is 1. The molecule has 0 radical (unpaired) electrons. The predicted molar refractivity (Wildman–Crippen MR) is 116 cm³/mol. The number of piperidine rings is 1. The second-order valence-electron chi connectivity index (χ2n) is 7.95. The first-order chi connectivity index (χ1) is 15.0. The van der Waals surface area contributed by atoms with E-state index in [1.165, 1.54) is 0 Å². The van der Waals surface area contributed by atoms with Gasteiger partial charge in [-0.3, -0.25) is 9.59 Å². The highest BCUT2D eigenvalue weighted by atomic mass is 16.5. The largest absolute Gasteiger partial charge is 0.496 e. The summed E-state index contributed by atoms with van der Waals surface area (Å²) < 4.78 is 7.03. The normalized spacial score (nSPS) is 14.6. The molecule has 1 aliphatic heterocycles. The van der Waals surface area contributed by atoms with Crippen molar-refractivity contribution >= 4 is 17.5 Å². The molecule has 1 saturated heterocycles. The number of para-hydroxylation sites is 1. The van der Waals surface area contributed by atoms with Gasteiger partial charge in [-0.1, -0.05) is 18.2 Å². The summed E-state index contributed by atoms with van der Waals surface area (Å²) in [5.74, 6) is 0.629. The topological polar surface area (TPSA) is 88.8 Å². The molecule has 4 rings (SSSR count). The number of methoxy groups -OCH3 is 1. The van der Waals surface area contributed by atoms with E-state index < -0.39 is 0 Å². The lowest BCUT2D eigenvalue weighted by molar-refractivity contribution is -0.131. The maximum Gasteiger partial charge on any atom is 0.256 e. The summed E-state index contributed by atoms with van der Waals surface area (Å²) in [6.45, 7) is 5.07. The Balaban J connectivity index is 1.35. The number of amides is 2. The standard InChI is InChI=1S/C23H27N5O3/c1-15-12-16(2)28-22(25-15)19(14-24-28)23(30)26-18-8-10-27(11-9-18)21(29)13-17-6-4-5-7-20(17)31-3/h4-7,12,14,18H,8-11,13H2,1-3H3,(H,26,30). The Kier molecular flexibility index (Phi) is 5.88. The number of benzene rings is 1. The Bertz CT molecular complexity index is 1120. The van der Waals surface area contributed by atoms with E-state index in [2.05, 4.69) is 15.4 Å². The van der Waals surface area contributed by atoms with E-state index in [1.54, 1.807) is 17.8 Å². The Morgan fingerprint density at radius 3 is 2.68 bits per heavy atom. The van der Waals surface area contributed by atoms with E-state index in [9.17, 15) is 9.59 Å². The second-order valence-corrected chi connectivity index (χ2v) is 7.95. The smallest absolute Gasteiger partial charge is 0.256 e. The van der Waals surface area contributed by atoms with E-state index in [0.29, 0.717) is 43.6 Å². The van der Waals surface area contributed by atoms with Crippen molar-refractivity contribution in [2.75, 3.05) is 20.2 Å². The molecule has 3 aromatic rings. The number of nitrogens with one attached hydrogen (secondary N) is 1. The Hall–Kier alpha value is -3.42. The van der Waals surface area contributed by atoms with Gasteiger partial charge in [-0.25, -0.2) is 9.50 Å². The Morgan fingerprint density at radius 2 is 1.94 bits per heavy atom. The van der Waals surface area contributed by atoms with Crippen molar-refractivity contribution in [2.24, 2.45) is 0 Å². The third-order valence-electron chi connectivity index (χ3n) is 5.74. The number of likely N-dealkylation sites (tertiary alicyclic amines) is 1. The molecular weight excluding hydrogens is 394 g/mol. The Morgan fingerprint density at radius 1 is 1.19 bits per heavy atom. The van der Waals surface area contributed by atoms with Crippen LogP contribution in [0.5, 0.6) is 5.75 Å². The SMILES string of the molecule is COc1ccccc1CC(=O)N1CCC(NC(=O)c2cnn3c(C)cc(C)nc23)CC1. The zero-order chi connectivity index (χ0) is 22.0. The molecule has 3 heterocycles. The van der Waals surface area contributed by atoms with Gasteiger partial charge in [0.05, 0.1) is 19.7 Å². The highest BCUT2D eigenvalue weighted by Crippen LogP contribution is 2.20. The van der Waals surface area contributed by atoms with Crippen molar-refractivity contribution in [3.63, 3.8) is 0 Å². The van der Waals surface area contributed by atoms with E-state index >= 15 is 0 Å². The van der Waals surface area contributed by atoms with Gasteiger partial charge in [-0.2, -0.15) is 5.10 Å². The minimum absolute atomic E-state index is 0.0173. The molecule has 1 aromatic carbocycles. The van der Waals surface area contributed by atoms with E-state index in [0.717, 1.165) is 22.7 Å². The lowest BCUT2D eigenvalue weighted by Crippen LogP contribution is -2.47. The van der Waals surface area contributed by atoms with Gasteiger partial charge in [0, 0.05) is 36.1 Å². The first-order valence-corrected chi connectivity index (χ1v) is 10.5. The number of carbonyl (C=O) groups excluding carboxylic acids is 2. The van der Waals surface area contributed by atoms with Crippen LogP contribution in [0, 0.1) is 13.8 Å². The number of hydrogen-bond donors (Lipinski definition) is 1. The van der Waals surface area contributed by atoms with Gasteiger partial charge < -0.3 is 15.0 Å². The zero-order valence-corrected chi connectivity index (χ0v) is 18.1. The first kappa shape index (κ1) is 20.8. The van der Waals surface area contributed by atoms with Gasteiger partial charge in [-0.05, 0) is 38.8 Å². The molecule has 0 saturated carbocycles. The molecule has 1 N–H and O–H groups in total. The van der Waals surface area contributed by atoms with Crippen LogP contribution in [0.4, 0.5) is 0 Å².